The van der Waals surface area contributed by atoms with Crippen LogP contribution in [0, 0.1) is 0 Å². The maximum Gasteiger partial charge on any atom is 0.343 e. The zero-order valence-electron chi connectivity index (χ0n) is 13.4. The van der Waals surface area contributed by atoms with Gasteiger partial charge >= 0.3 is 5.97 Å². The van der Waals surface area contributed by atoms with E-state index in [1.165, 1.54) is 10.7 Å². The molecule has 3 aromatic rings. The maximum absolute atomic E-state index is 12.0. The molecular weight excluding hydrogens is 328 g/mol. The molecule has 0 aliphatic rings. The van der Waals surface area contributed by atoms with Crippen molar-refractivity contribution >= 4 is 29.0 Å². The van der Waals surface area contributed by atoms with E-state index in [9.17, 15) is 4.79 Å². The molecule has 2 N–H and O–H groups in total. The van der Waals surface area contributed by atoms with E-state index in [0.717, 1.165) is 16.8 Å². The molecule has 7 heteroatoms. The first kappa shape index (κ1) is 16.3. The molecule has 2 aromatic heterocycles. The summed E-state index contributed by atoms with van der Waals surface area (Å²) in [4.78, 5) is 16.4. The van der Waals surface area contributed by atoms with Crippen LogP contribution in [0.15, 0.2) is 30.5 Å². The van der Waals surface area contributed by atoms with Gasteiger partial charge < -0.3 is 10.5 Å². The van der Waals surface area contributed by atoms with Gasteiger partial charge in [0.1, 0.15) is 11.4 Å². The molecule has 24 heavy (non-hydrogen) atoms. The predicted octanol–water partition coefficient (Wildman–Crippen LogP) is 3.37. The van der Waals surface area contributed by atoms with E-state index in [4.69, 9.17) is 22.1 Å². The molecule has 0 amide bonds. The van der Waals surface area contributed by atoms with Gasteiger partial charge in [0.25, 0.3) is 0 Å². The first-order valence-corrected chi connectivity index (χ1v) is 8.03. The monoisotopic (exact) mass is 344 g/mol. The Balaban J connectivity index is 2.22. The molecule has 0 bridgehead atoms. The summed E-state index contributed by atoms with van der Waals surface area (Å²) < 4.78 is 6.50. The molecule has 3 rings (SSSR count). The van der Waals surface area contributed by atoms with Crippen molar-refractivity contribution in [3.05, 3.63) is 46.7 Å². The largest absolute Gasteiger partial charge is 0.462 e. The number of rotatable bonds is 4. The number of hydrogen-bond donors (Lipinski definition) is 1. The van der Waals surface area contributed by atoms with Crippen LogP contribution in [0.2, 0.25) is 5.02 Å². The molecule has 0 saturated heterocycles. The van der Waals surface area contributed by atoms with Crippen LogP contribution in [0.3, 0.4) is 0 Å². The number of nitrogens with zero attached hydrogens (tertiary/aromatic N) is 3. The number of carbonyl (C=O) groups excluding carboxylic acids is 1. The minimum atomic E-state index is -0.508. The Labute approximate surface area is 144 Å². The Hall–Kier alpha value is -2.60. The number of aromatic nitrogens is 3. The van der Waals surface area contributed by atoms with Crippen LogP contribution >= 0.6 is 11.6 Å². The zero-order chi connectivity index (χ0) is 17.3. The van der Waals surface area contributed by atoms with Gasteiger partial charge in [-0.1, -0.05) is 30.7 Å². The molecular formula is C17H17ClN4O2. The highest BCUT2D eigenvalue weighted by Gasteiger charge is 2.20. The maximum atomic E-state index is 12.0. The van der Waals surface area contributed by atoms with Gasteiger partial charge in [-0.25, -0.2) is 9.78 Å². The minimum absolute atomic E-state index is 0.206. The van der Waals surface area contributed by atoms with Crippen molar-refractivity contribution in [2.45, 2.75) is 20.3 Å². The first-order valence-electron chi connectivity index (χ1n) is 7.66. The van der Waals surface area contributed by atoms with Gasteiger partial charge in [0.2, 0.25) is 0 Å². The van der Waals surface area contributed by atoms with Crippen molar-refractivity contribution in [3.63, 3.8) is 0 Å². The van der Waals surface area contributed by atoms with E-state index in [1.807, 2.05) is 31.2 Å². The third-order valence-electron chi connectivity index (χ3n) is 3.72. The predicted molar refractivity (Wildman–Crippen MR) is 93.2 cm³/mol. The van der Waals surface area contributed by atoms with E-state index in [-0.39, 0.29) is 18.0 Å². The third-order valence-corrected chi connectivity index (χ3v) is 3.97. The average Bonchev–Trinajstić information content (AvgIpc) is 2.95. The summed E-state index contributed by atoms with van der Waals surface area (Å²) in [5.74, 6) is -0.292. The Morgan fingerprint density at radius 1 is 1.29 bits per heavy atom. The fourth-order valence-electron chi connectivity index (χ4n) is 2.57. The van der Waals surface area contributed by atoms with Crippen molar-refractivity contribution < 1.29 is 9.53 Å². The lowest BCUT2D eigenvalue weighted by atomic mass is 10.0. The fraction of sp³-hybridized carbons (Fsp3) is 0.235. The summed E-state index contributed by atoms with van der Waals surface area (Å²) >= 11 is 5.97. The molecule has 0 saturated carbocycles. The van der Waals surface area contributed by atoms with E-state index in [2.05, 4.69) is 10.1 Å². The van der Waals surface area contributed by atoms with Crippen molar-refractivity contribution in [2.24, 2.45) is 0 Å². The van der Waals surface area contributed by atoms with E-state index >= 15 is 0 Å². The van der Waals surface area contributed by atoms with Crippen molar-refractivity contribution in [1.82, 2.24) is 14.6 Å². The molecule has 0 atom stereocenters. The SMILES string of the molecule is CCOC(=O)c1cnc2c(-c3ccc(Cl)cc3)c(CC)nn2c1N. The van der Waals surface area contributed by atoms with Crippen LogP contribution in [0.25, 0.3) is 16.8 Å². The molecule has 0 fully saturated rings. The highest BCUT2D eigenvalue weighted by Crippen LogP contribution is 2.30. The molecule has 0 unspecified atom stereocenters. The lowest BCUT2D eigenvalue weighted by molar-refractivity contribution is 0.0526. The number of esters is 1. The average molecular weight is 345 g/mol. The molecule has 2 heterocycles. The highest BCUT2D eigenvalue weighted by atomic mass is 35.5. The van der Waals surface area contributed by atoms with Crippen molar-refractivity contribution in [1.29, 1.82) is 0 Å². The molecule has 6 nitrogen and oxygen atoms in total. The van der Waals surface area contributed by atoms with E-state index in [1.54, 1.807) is 6.92 Å². The summed E-state index contributed by atoms with van der Waals surface area (Å²) in [7, 11) is 0. The number of nitrogens with two attached hydrogens (primary N) is 1. The summed E-state index contributed by atoms with van der Waals surface area (Å²) in [5.41, 5.74) is 9.61. The lowest BCUT2D eigenvalue weighted by Crippen LogP contribution is -2.12. The van der Waals surface area contributed by atoms with Gasteiger partial charge in [0.15, 0.2) is 5.65 Å². The number of fused-ring (bicyclic) bond motifs is 1. The van der Waals surface area contributed by atoms with Crippen molar-refractivity contribution in [2.75, 3.05) is 12.3 Å². The van der Waals surface area contributed by atoms with Gasteiger partial charge in [0.05, 0.1) is 12.3 Å². The molecule has 0 radical (unpaired) electrons. The topological polar surface area (TPSA) is 82.5 Å². The lowest BCUT2D eigenvalue weighted by Gasteiger charge is -2.07. The summed E-state index contributed by atoms with van der Waals surface area (Å²) in [6.45, 7) is 4.01. The second kappa shape index (κ2) is 6.49. The summed E-state index contributed by atoms with van der Waals surface area (Å²) in [5, 5.41) is 5.18. The number of nitrogen functional groups attached to an aromatic ring is 1. The molecule has 0 aliphatic heterocycles. The number of hydrogen-bond acceptors (Lipinski definition) is 5. The minimum Gasteiger partial charge on any atom is -0.462 e. The summed E-state index contributed by atoms with van der Waals surface area (Å²) in [6.07, 6.45) is 2.14. The number of carbonyl (C=O) groups is 1. The van der Waals surface area contributed by atoms with Crippen LogP contribution in [0.4, 0.5) is 5.82 Å². The van der Waals surface area contributed by atoms with Crippen LogP contribution in [-0.4, -0.2) is 27.2 Å². The Morgan fingerprint density at radius 2 is 2.00 bits per heavy atom. The van der Waals surface area contributed by atoms with E-state index < -0.39 is 5.97 Å². The van der Waals surface area contributed by atoms with Crippen LogP contribution < -0.4 is 5.73 Å². The number of benzene rings is 1. The second-order valence-electron chi connectivity index (χ2n) is 5.20. The van der Waals surface area contributed by atoms with Gasteiger partial charge in [-0.15, -0.1) is 0 Å². The Morgan fingerprint density at radius 3 is 2.62 bits per heavy atom. The first-order chi connectivity index (χ1) is 11.6. The third kappa shape index (κ3) is 2.69. The molecule has 124 valence electrons. The number of halogens is 1. The normalized spacial score (nSPS) is 11.0. The number of ether oxygens (including phenoxy) is 1. The van der Waals surface area contributed by atoms with Crippen LogP contribution in [0.1, 0.15) is 29.9 Å². The van der Waals surface area contributed by atoms with Crippen molar-refractivity contribution in [3.8, 4) is 11.1 Å². The Kier molecular flexibility index (Phi) is 4.40. The number of aryl methyl sites for hydroxylation is 1. The van der Waals surface area contributed by atoms with Crippen LogP contribution in [-0.2, 0) is 11.2 Å². The fourth-order valence-corrected chi connectivity index (χ4v) is 2.70. The molecule has 0 aliphatic carbocycles. The zero-order valence-corrected chi connectivity index (χ0v) is 14.2. The van der Waals surface area contributed by atoms with E-state index in [0.29, 0.717) is 17.1 Å². The highest BCUT2D eigenvalue weighted by molar-refractivity contribution is 6.30. The standard InChI is InChI=1S/C17H17ClN4O2/c1-3-13-14(10-5-7-11(18)8-6-10)16-20-9-12(17(23)24-4-2)15(19)22(16)21-13/h5-9H,3-4,19H2,1-2H3. The number of anilines is 1. The molecule has 1 aromatic carbocycles. The van der Waals surface area contributed by atoms with Gasteiger partial charge in [0, 0.05) is 16.8 Å². The van der Waals surface area contributed by atoms with Gasteiger partial charge in [-0.3, -0.25) is 0 Å². The van der Waals surface area contributed by atoms with Gasteiger partial charge in [-0.05, 0) is 31.0 Å². The van der Waals surface area contributed by atoms with Crippen LogP contribution in [0.5, 0.6) is 0 Å². The quantitative estimate of drug-likeness (QED) is 0.734. The second-order valence-corrected chi connectivity index (χ2v) is 5.63. The molecule has 0 spiro atoms. The smallest absolute Gasteiger partial charge is 0.343 e. The Bertz CT molecular complexity index is 903. The summed E-state index contributed by atoms with van der Waals surface area (Å²) in [6, 6.07) is 7.46. The van der Waals surface area contributed by atoms with Gasteiger partial charge in [-0.2, -0.15) is 9.61 Å².